The fraction of sp³-hybridized carbons (Fsp3) is 0.542. The molecule has 34 heavy (non-hydrogen) atoms. The largest absolute Gasteiger partial charge is 0.490 e. The van der Waals surface area contributed by atoms with E-state index < -0.39 is 5.60 Å². The van der Waals surface area contributed by atoms with Crippen LogP contribution in [0.4, 0.5) is 0 Å². The highest BCUT2D eigenvalue weighted by Gasteiger charge is 2.42. The van der Waals surface area contributed by atoms with Crippen molar-refractivity contribution < 1.29 is 19.1 Å². The SMILES string of the molecule is Cc1cc(OCC2(CC(=O)N3CCN(C)CC3)CN(C(=O)Cn3ccnc3)CCO2)ccc1Cl. The molecule has 1 aromatic heterocycles. The number of halogens is 1. The van der Waals surface area contributed by atoms with Crippen LogP contribution in [-0.4, -0.2) is 101 Å². The molecular weight excluding hydrogens is 458 g/mol. The van der Waals surface area contributed by atoms with Gasteiger partial charge in [-0.25, -0.2) is 4.98 Å². The fourth-order valence-corrected chi connectivity index (χ4v) is 4.42. The van der Waals surface area contributed by atoms with E-state index in [1.54, 1.807) is 40.3 Å². The maximum atomic E-state index is 13.3. The van der Waals surface area contributed by atoms with E-state index in [-0.39, 0.29) is 37.9 Å². The van der Waals surface area contributed by atoms with Crippen LogP contribution >= 0.6 is 11.6 Å². The molecule has 1 aromatic carbocycles. The predicted octanol–water partition coefficient (Wildman–Crippen LogP) is 1.69. The highest BCUT2D eigenvalue weighted by molar-refractivity contribution is 6.31. The number of morpholine rings is 1. The topological polar surface area (TPSA) is 80.1 Å². The first kappa shape index (κ1) is 24.5. The number of hydrogen-bond donors (Lipinski definition) is 0. The molecule has 1 unspecified atom stereocenters. The second-order valence-corrected chi connectivity index (χ2v) is 9.55. The summed E-state index contributed by atoms with van der Waals surface area (Å²) in [5.74, 6) is 0.631. The number of imidazole rings is 1. The van der Waals surface area contributed by atoms with Gasteiger partial charge in [0.15, 0.2) is 0 Å². The maximum Gasteiger partial charge on any atom is 0.242 e. The van der Waals surface area contributed by atoms with Gasteiger partial charge >= 0.3 is 0 Å². The van der Waals surface area contributed by atoms with Crippen LogP contribution in [0.1, 0.15) is 12.0 Å². The molecule has 2 fully saturated rings. The van der Waals surface area contributed by atoms with Crippen LogP contribution in [-0.2, 0) is 20.9 Å². The predicted molar refractivity (Wildman–Crippen MR) is 128 cm³/mol. The minimum atomic E-state index is -0.934. The molecule has 4 rings (SSSR count). The number of rotatable bonds is 7. The third-order valence-corrected chi connectivity index (χ3v) is 6.86. The normalized spacial score (nSPS) is 21.5. The zero-order valence-corrected chi connectivity index (χ0v) is 20.5. The van der Waals surface area contributed by atoms with Crippen LogP contribution in [0.2, 0.25) is 5.02 Å². The molecule has 2 aromatic rings. The van der Waals surface area contributed by atoms with Gasteiger partial charge < -0.3 is 28.7 Å². The summed E-state index contributed by atoms with van der Waals surface area (Å²) in [7, 11) is 2.05. The van der Waals surface area contributed by atoms with Gasteiger partial charge in [0.05, 0.1) is 25.9 Å². The Morgan fingerprint density at radius 2 is 1.94 bits per heavy atom. The summed E-state index contributed by atoms with van der Waals surface area (Å²) >= 11 is 6.15. The minimum absolute atomic E-state index is 0.0212. The number of ether oxygens (including phenoxy) is 2. The molecule has 2 aliphatic rings. The van der Waals surface area contributed by atoms with E-state index in [2.05, 4.69) is 16.9 Å². The Balaban J connectivity index is 1.49. The second kappa shape index (κ2) is 10.8. The van der Waals surface area contributed by atoms with E-state index in [1.807, 2.05) is 17.9 Å². The van der Waals surface area contributed by atoms with Gasteiger partial charge in [0.25, 0.3) is 0 Å². The van der Waals surface area contributed by atoms with Crippen molar-refractivity contribution in [3.63, 3.8) is 0 Å². The van der Waals surface area contributed by atoms with Gasteiger partial charge in [-0.2, -0.15) is 0 Å². The molecule has 0 spiro atoms. The van der Waals surface area contributed by atoms with Crippen LogP contribution in [0.25, 0.3) is 0 Å². The van der Waals surface area contributed by atoms with Gasteiger partial charge in [0, 0.05) is 50.1 Å². The molecule has 0 saturated carbocycles. The summed E-state index contributed by atoms with van der Waals surface area (Å²) < 4.78 is 14.1. The second-order valence-electron chi connectivity index (χ2n) is 9.14. The lowest BCUT2D eigenvalue weighted by atomic mass is 9.96. The smallest absolute Gasteiger partial charge is 0.242 e. The molecule has 0 aliphatic carbocycles. The summed E-state index contributed by atoms with van der Waals surface area (Å²) in [5.41, 5.74) is -0.0278. The Bertz CT molecular complexity index is 993. The maximum absolute atomic E-state index is 13.3. The van der Waals surface area contributed by atoms with Crippen molar-refractivity contribution in [2.75, 3.05) is 59.5 Å². The van der Waals surface area contributed by atoms with Gasteiger partial charge in [-0.05, 0) is 37.7 Å². The lowest BCUT2D eigenvalue weighted by Crippen LogP contribution is -2.59. The van der Waals surface area contributed by atoms with E-state index >= 15 is 0 Å². The molecule has 2 saturated heterocycles. The highest BCUT2D eigenvalue weighted by atomic mass is 35.5. The summed E-state index contributed by atoms with van der Waals surface area (Å²) in [6.45, 7) is 6.42. The highest BCUT2D eigenvalue weighted by Crippen LogP contribution is 2.27. The third kappa shape index (κ3) is 6.08. The quantitative estimate of drug-likeness (QED) is 0.589. The number of piperazine rings is 1. The molecule has 0 bridgehead atoms. The average molecular weight is 490 g/mol. The van der Waals surface area contributed by atoms with Gasteiger partial charge in [-0.1, -0.05) is 11.6 Å². The van der Waals surface area contributed by atoms with Crippen molar-refractivity contribution in [1.82, 2.24) is 24.3 Å². The van der Waals surface area contributed by atoms with Crippen LogP contribution < -0.4 is 4.74 Å². The van der Waals surface area contributed by atoms with Gasteiger partial charge in [0.2, 0.25) is 11.8 Å². The van der Waals surface area contributed by atoms with Crippen molar-refractivity contribution in [3.8, 4) is 5.75 Å². The lowest BCUT2D eigenvalue weighted by Gasteiger charge is -2.43. The zero-order valence-electron chi connectivity index (χ0n) is 19.8. The lowest BCUT2D eigenvalue weighted by molar-refractivity contribution is -0.166. The molecule has 3 heterocycles. The number of benzene rings is 1. The molecule has 1 atom stereocenters. The zero-order chi connectivity index (χ0) is 24.1. The van der Waals surface area contributed by atoms with Crippen molar-refractivity contribution in [3.05, 3.63) is 47.5 Å². The van der Waals surface area contributed by atoms with Crippen molar-refractivity contribution in [2.45, 2.75) is 25.5 Å². The number of nitrogens with zero attached hydrogens (tertiary/aromatic N) is 5. The number of aryl methyl sites for hydroxylation is 1. The Hall–Kier alpha value is -2.62. The third-order valence-electron chi connectivity index (χ3n) is 6.44. The molecular formula is C24H32ClN5O4. The molecule has 0 radical (unpaired) electrons. The summed E-state index contributed by atoms with van der Waals surface area (Å²) in [4.78, 5) is 36.1. The first-order valence-electron chi connectivity index (χ1n) is 11.6. The summed E-state index contributed by atoms with van der Waals surface area (Å²) in [6.07, 6.45) is 5.18. The number of likely N-dealkylation sites (N-methyl/N-ethyl adjacent to an activating group) is 1. The number of aromatic nitrogens is 2. The summed E-state index contributed by atoms with van der Waals surface area (Å²) in [5, 5.41) is 0.664. The summed E-state index contributed by atoms with van der Waals surface area (Å²) in [6, 6.07) is 5.45. The van der Waals surface area contributed by atoms with E-state index in [0.29, 0.717) is 37.0 Å². The monoisotopic (exact) mass is 489 g/mol. The van der Waals surface area contributed by atoms with Crippen LogP contribution in [0.3, 0.4) is 0 Å². The molecule has 10 heteroatoms. The standard InChI is InChI=1S/C24H32ClN5O4/c1-19-13-20(3-4-21(19)25)33-17-24(14-22(31)29-9-7-27(2)8-10-29)16-30(11-12-34-24)23(32)15-28-6-5-26-18-28/h3-6,13,18H,7-12,14-17H2,1-2H3. The van der Waals surface area contributed by atoms with Crippen LogP contribution in [0.5, 0.6) is 5.75 Å². The molecule has 9 nitrogen and oxygen atoms in total. The van der Waals surface area contributed by atoms with Crippen molar-refractivity contribution in [2.24, 2.45) is 0 Å². The average Bonchev–Trinajstić information content (AvgIpc) is 3.33. The van der Waals surface area contributed by atoms with Crippen LogP contribution in [0.15, 0.2) is 36.9 Å². The Labute approximate surface area is 205 Å². The first-order chi connectivity index (χ1) is 16.3. The molecule has 0 N–H and O–H groups in total. The van der Waals surface area contributed by atoms with E-state index in [4.69, 9.17) is 21.1 Å². The van der Waals surface area contributed by atoms with Crippen molar-refractivity contribution in [1.29, 1.82) is 0 Å². The number of carbonyl (C=O) groups excluding carboxylic acids is 2. The molecule has 2 aliphatic heterocycles. The molecule has 184 valence electrons. The van der Waals surface area contributed by atoms with Gasteiger partial charge in [0.1, 0.15) is 24.5 Å². The number of amides is 2. The van der Waals surface area contributed by atoms with Crippen molar-refractivity contribution >= 4 is 23.4 Å². The number of hydrogen-bond acceptors (Lipinski definition) is 6. The van der Waals surface area contributed by atoms with E-state index in [1.165, 1.54) is 0 Å². The Morgan fingerprint density at radius 1 is 1.15 bits per heavy atom. The Kier molecular flexibility index (Phi) is 7.75. The number of carbonyl (C=O) groups is 2. The fourth-order valence-electron chi connectivity index (χ4n) is 4.30. The van der Waals surface area contributed by atoms with Crippen LogP contribution in [0, 0.1) is 6.92 Å². The van der Waals surface area contributed by atoms with Gasteiger partial charge in [-0.15, -0.1) is 0 Å². The Morgan fingerprint density at radius 3 is 2.65 bits per heavy atom. The van der Waals surface area contributed by atoms with Gasteiger partial charge in [-0.3, -0.25) is 9.59 Å². The minimum Gasteiger partial charge on any atom is -0.490 e. The molecule has 2 amide bonds. The van der Waals surface area contributed by atoms with E-state index in [9.17, 15) is 9.59 Å². The first-order valence-corrected chi connectivity index (χ1v) is 11.9. The van der Waals surface area contributed by atoms with E-state index in [0.717, 1.165) is 18.7 Å².